The number of pyridine rings is 1. The zero-order valence-electron chi connectivity index (χ0n) is 17.0. The Morgan fingerprint density at radius 2 is 1.94 bits per heavy atom. The number of nitrogens with zero attached hydrogens (tertiary/aromatic N) is 2. The van der Waals surface area contributed by atoms with Gasteiger partial charge in [-0.3, -0.25) is 4.79 Å². The van der Waals surface area contributed by atoms with Crippen LogP contribution < -0.4 is 15.4 Å². The zero-order valence-corrected chi connectivity index (χ0v) is 17.0. The van der Waals surface area contributed by atoms with Crippen LogP contribution in [0.2, 0.25) is 0 Å². The van der Waals surface area contributed by atoms with Crippen LogP contribution in [0, 0.1) is 5.92 Å². The fraction of sp³-hybridized carbons (Fsp3) is 0.364. The maximum absolute atomic E-state index is 12.1. The fourth-order valence-corrected chi connectivity index (χ4v) is 3.64. The van der Waals surface area contributed by atoms with Gasteiger partial charge in [-0.05, 0) is 37.0 Å². The quantitative estimate of drug-likeness (QED) is 0.498. The van der Waals surface area contributed by atoms with Crippen molar-refractivity contribution in [1.29, 1.82) is 0 Å². The summed E-state index contributed by atoms with van der Waals surface area (Å²) in [5.41, 5.74) is 0.986. The van der Waals surface area contributed by atoms with Crippen molar-refractivity contribution < 1.29 is 23.8 Å². The number of rotatable bonds is 8. The minimum Gasteiger partial charge on any atom is -0.477 e. The Balaban J connectivity index is 1.33. The summed E-state index contributed by atoms with van der Waals surface area (Å²) in [5, 5.41) is 14.9. The summed E-state index contributed by atoms with van der Waals surface area (Å²) in [5.74, 6) is 0.160. The molecule has 0 bridgehead atoms. The number of aromatic nitrogens is 2. The highest BCUT2D eigenvalue weighted by molar-refractivity contribution is 5.85. The van der Waals surface area contributed by atoms with Gasteiger partial charge in [0, 0.05) is 24.9 Å². The van der Waals surface area contributed by atoms with Crippen molar-refractivity contribution in [2.45, 2.75) is 32.1 Å². The molecule has 1 saturated carbocycles. The molecule has 4 rings (SSSR count). The van der Waals surface area contributed by atoms with Gasteiger partial charge in [-0.25, -0.2) is 9.78 Å². The molecule has 0 spiro atoms. The van der Waals surface area contributed by atoms with Gasteiger partial charge in [-0.2, -0.15) is 4.98 Å². The Morgan fingerprint density at radius 3 is 2.74 bits per heavy atom. The highest BCUT2D eigenvalue weighted by Crippen LogP contribution is 2.27. The van der Waals surface area contributed by atoms with Crippen LogP contribution in [-0.4, -0.2) is 40.0 Å². The minimum absolute atomic E-state index is 0.0812. The zero-order chi connectivity index (χ0) is 21.6. The third-order valence-corrected chi connectivity index (χ3v) is 5.26. The number of fused-ring (bicyclic) bond motifs is 1. The Kier molecular flexibility index (Phi) is 6.30. The summed E-state index contributed by atoms with van der Waals surface area (Å²) in [7, 11) is 0. The lowest BCUT2D eigenvalue weighted by molar-refractivity contribution is -0.119. The average Bonchev–Trinajstić information content (AvgIpc) is 3.19. The van der Waals surface area contributed by atoms with Crippen LogP contribution >= 0.6 is 0 Å². The molecule has 0 radical (unpaired) electrons. The molecular formula is C22H24N4O5. The van der Waals surface area contributed by atoms with Gasteiger partial charge in [-0.1, -0.05) is 19.3 Å². The van der Waals surface area contributed by atoms with E-state index in [1.807, 2.05) is 0 Å². The van der Waals surface area contributed by atoms with Crippen LogP contribution in [0.5, 0.6) is 11.5 Å². The topological polar surface area (TPSA) is 127 Å². The average molecular weight is 424 g/mol. The predicted octanol–water partition coefficient (Wildman–Crippen LogP) is 3.82. The van der Waals surface area contributed by atoms with E-state index in [1.54, 1.807) is 24.3 Å². The number of oxazole rings is 1. The fourth-order valence-electron chi connectivity index (χ4n) is 3.64. The normalized spacial score (nSPS) is 14.3. The number of carboxylic acids is 1. The number of hydrogen-bond acceptors (Lipinski definition) is 7. The Bertz CT molecular complexity index is 1070. The molecule has 3 N–H and O–H groups in total. The van der Waals surface area contributed by atoms with Gasteiger partial charge in [0.15, 0.2) is 11.3 Å². The third-order valence-electron chi connectivity index (χ3n) is 5.26. The first-order valence-corrected chi connectivity index (χ1v) is 10.4. The molecule has 1 amide bonds. The first-order chi connectivity index (χ1) is 15.1. The number of benzene rings is 1. The lowest BCUT2D eigenvalue weighted by Crippen LogP contribution is -2.34. The Labute approximate surface area is 178 Å². The van der Waals surface area contributed by atoms with Crippen molar-refractivity contribution in [3.63, 3.8) is 0 Å². The first-order valence-electron chi connectivity index (χ1n) is 10.4. The van der Waals surface area contributed by atoms with E-state index in [-0.39, 0.29) is 24.2 Å². The number of ether oxygens (including phenoxy) is 1. The predicted molar refractivity (Wildman–Crippen MR) is 113 cm³/mol. The van der Waals surface area contributed by atoms with Crippen molar-refractivity contribution in [2.24, 2.45) is 5.92 Å². The number of carbonyl (C=O) groups excluding carboxylic acids is 1. The van der Waals surface area contributed by atoms with Crippen LogP contribution in [0.25, 0.3) is 11.1 Å². The molecule has 2 aromatic heterocycles. The largest absolute Gasteiger partial charge is 0.477 e. The van der Waals surface area contributed by atoms with E-state index in [2.05, 4.69) is 20.6 Å². The molecule has 0 atom stereocenters. The van der Waals surface area contributed by atoms with Crippen molar-refractivity contribution in [2.75, 3.05) is 18.4 Å². The molecule has 9 heteroatoms. The number of amides is 1. The molecule has 0 aliphatic heterocycles. The van der Waals surface area contributed by atoms with Crippen LogP contribution in [-0.2, 0) is 4.79 Å². The Morgan fingerprint density at radius 1 is 1.13 bits per heavy atom. The van der Waals surface area contributed by atoms with Gasteiger partial charge in [0.25, 0.3) is 6.01 Å². The molecule has 3 aromatic rings. The van der Waals surface area contributed by atoms with Gasteiger partial charge in [-0.15, -0.1) is 0 Å². The monoisotopic (exact) mass is 424 g/mol. The maximum atomic E-state index is 12.1. The third kappa shape index (κ3) is 5.50. The molecule has 2 heterocycles. The second kappa shape index (κ2) is 9.46. The summed E-state index contributed by atoms with van der Waals surface area (Å²) < 4.78 is 11.4. The van der Waals surface area contributed by atoms with Crippen molar-refractivity contribution >= 4 is 29.0 Å². The van der Waals surface area contributed by atoms with Crippen molar-refractivity contribution in [1.82, 2.24) is 15.3 Å². The van der Waals surface area contributed by atoms with E-state index < -0.39 is 5.97 Å². The molecule has 31 heavy (non-hydrogen) atoms. The standard InChI is InChI=1S/C22H24N4O5/c27-20(24-12-14-4-2-1-3-5-14)13-25-22-26-17-7-6-15(11-19(17)31-22)30-16-8-9-23-18(10-16)21(28)29/h6-11,14H,1-5,12-13H2,(H,24,27)(H,25,26)(H,28,29). The second-order valence-electron chi connectivity index (χ2n) is 7.59. The molecule has 1 aliphatic carbocycles. The van der Waals surface area contributed by atoms with E-state index in [1.165, 1.54) is 44.4 Å². The second-order valence-corrected chi connectivity index (χ2v) is 7.59. The molecule has 9 nitrogen and oxygen atoms in total. The Hall–Kier alpha value is -3.62. The van der Waals surface area contributed by atoms with E-state index in [0.717, 1.165) is 0 Å². The molecular weight excluding hydrogens is 400 g/mol. The SMILES string of the molecule is O=C(CNc1nc2ccc(Oc3ccnc(C(=O)O)c3)cc2o1)NCC1CCCCC1. The number of hydrogen-bond donors (Lipinski definition) is 3. The van der Waals surface area contributed by atoms with Gasteiger partial charge in [0.2, 0.25) is 5.91 Å². The molecule has 0 unspecified atom stereocenters. The summed E-state index contributed by atoms with van der Waals surface area (Å²) in [6.07, 6.45) is 7.51. The summed E-state index contributed by atoms with van der Waals surface area (Å²) in [4.78, 5) is 31.2. The molecule has 162 valence electrons. The number of carbonyl (C=O) groups is 2. The minimum atomic E-state index is -1.13. The molecule has 1 aromatic carbocycles. The van der Waals surface area contributed by atoms with Crippen LogP contribution in [0.4, 0.5) is 6.01 Å². The number of anilines is 1. The van der Waals surface area contributed by atoms with Gasteiger partial charge in [0.05, 0.1) is 6.54 Å². The number of aromatic carboxylic acids is 1. The summed E-state index contributed by atoms with van der Waals surface area (Å²) in [6.45, 7) is 0.797. The highest BCUT2D eigenvalue weighted by Gasteiger charge is 2.15. The molecule has 1 aliphatic rings. The van der Waals surface area contributed by atoms with Crippen molar-refractivity contribution in [3.8, 4) is 11.5 Å². The lowest BCUT2D eigenvalue weighted by atomic mass is 9.89. The van der Waals surface area contributed by atoms with Crippen LogP contribution in [0.1, 0.15) is 42.6 Å². The number of carboxylic acid groups (broad SMARTS) is 1. The summed E-state index contributed by atoms with van der Waals surface area (Å²) in [6, 6.07) is 8.23. The van der Waals surface area contributed by atoms with Gasteiger partial charge < -0.3 is 24.9 Å². The van der Waals surface area contributed by atoms with Crippen LogP contribution in [0.15, 0.2) is 40.9 Å². The maximum Gasteiger partial charge on any atom is 0.354 e. The van der Waals surface area contributed by atoms with Crippen molar-refractivity contribution in [3.05, 3.63) is 42.2 Å². The summed E-state index contributed by atoms with van der Waals surface area (Å²) >= 11 is 0. The van der Waals surface area contributed by atoms with E-state index in [0.29, 0.717) is 35.1 Å². The lowest BCUT2D eigenvalue weighted by Gasteiger charge is -2.21. The van der Waals surface area contributed by atoms with E-state index >= 15 is 0 Å². The van der Waals surface area contributed by atoms with E-state index in [9.17, 15) is 9.59 Å². The van der Waals surface area contributed by atoms with Crippen LogP contribution in [0.3, 0.4) is 0 Å². The molecule has 1 fully saturated rings. The van der Waals surface area contributed by atoms with E-state index in [4.69, 9.17) is 14.3 Å². The highest BCUT2D eigenvalue weighted by atomic mass is 16.5. The molecule has 0 saturated heterocycles. The van der Waals surface area contributed by atoms with Gasteiger partial charge >= 0.3 is 5.97 Å². The van der Waals surface area contributed by atoms with Gasteiger partial charge in [0.1, 0.15) is 17.0 Å². The smallest absolute Gasteiger partial charge is 0.354 e. The first kappa shape index (κ1) is 20.6. The number of nitrogens with one attached hydrogen (secondary N) is 2.